The lowest BCUT2D eigenvalue weighted by Crippen LogP contribution is -2.37. The Hall–Kier alpha value is -2.82. The third-order valence-corrected chi connectivity index (χ3v) is 4.56. The molecule has 1 heterocycles. The van der Waals surface area contributed by atoms with Gasteiger partial charge in [-0.25, -0.2) is 0 Å². The van der Waals surface area contributed by atoms with Crippen LogP contribution in [0.3, 0.4) is 0 Å². The molecule has 1 aliphatic rings. The predicted molar refractivity (Wildman–Crippen MR) is 90.9 cm³/mol. The molecule has 2 aromatic rings. The fraction of sp³-hybridized carbons (Fsp3) is 0.263. The summed E-state index contributed by atoms with van der Waals surface area (Å²) < 4.78 is 0. The lowest BCUT2D eigenvalue weighted by atomic mass is 9.89. The summed E-state index contributed by atoms with van der Waals surface area (Å²) in [5, 5.41) is 9.37. The number of hydrogen-bond donors (Lipinski definition) is 2. The van der Waals surface area contributed by atoms with E-state index in [0.29, 0.717) is 30.1 Å². The SMILES string of the molecule is NC(=O)c1ccc(C(=O)N2CCC(c3ccc(O)cc3)CC2)cc1. The molecule has 0 aromatic heterocycles. The summed E-state index contributed by atoms with van der Waals surface area (Å²) in [5.41, 5.74) is 7.39. The number of carbonyl (C=O) groups excluding carboxylic acids is 2. The van der Waals surface area contributed by atoms with Gasteiger partial charge in [0.05, 0.1) is 0 Å². The van der Waals surface area contributed by atoms with E-state index in [1.54, 1.807) is 36.4 Å². The minimum atomic E-state index is -0.497. The number of amides is 2. The van der Waals surface area contributed by atoms with Gasteiger partial charge in [0.2, 0.25) is 5.91 Å². The van der Waals surface area contributed by atoms with E-state index in [0.717, 1.165) is 12.8 Å². The molecule has 5 nitrogen and oxygen atoms in total. The number of primary amides is 1. The van der Waals surface area contributed by atoms with Gasteiger partial charge in [0.1, 0.15) is 5.75 Å². The average molecular weight is 324 g/mol. The first-order valence-corrected chi connectivity index (χ1v) is 8.02. The first-order chi connectivity index (χ1) is 11.5. The van der Waals surface area contributed by atoms with E-state index >= 15 is 0 Å². The number of phenolic OH excluding ortho intramolecular Hbond substituents is 1. The maximum absolute atomic E-state index is 12.5. The molecule has 3 N–H and O–H groups in total. The number of aromatic hydroxyl groups is 1. The Morgan fingerprint density at radius 2 is 1.46 bits per heavy atom. The summed E-state index contributed by atoms with van der Waals surface area (Å²) in [6, 6.07) is 13.8. The van der Waals surface area contributed by atoms with Gasteiger partial charge in [-0.2, -0.15) is 0 Å². The van der Waals surface area contributed by atoms with E-state index in [2.05, 4.69) is 0 Å². The summed E-state index contributed by atoms with van der Waals surface area (Å²) in [5.74, 6) is 0.163. The van der Waals surface area contributed by atoms with Crippen LogP contribution in [0.2, 0.25) is 0 Å². The van der Waals surface area contributed by atoms with Gasteiger partial charge in [0.25, 0.3) is 5.91 Å². The van der Waals surface area contributed by atoms with Crippen molar-refractivity contribution in [3.05, 3.63) is 65.2 Å². The van der Waals surface area contributed by atoms with E-state index in [1.165, 1.54) is 5.56 Å². The predicted octanol–water partition coefficient (Wildman–Crippen LogP) is 2.51. The van der Waals surface area contributed by atoms with Crippen LogP contribution in [-0.4, -0.2) is 34.9 Å². The van der Waals surface area contributed by atoms with Crippen LogP contribution in [0.4, 0.5) is 0 Å². The molecule has 0 bridgehead atoms. The Bertz CT molecular complexity index is 730. The number of nitrogens with zero attached hydrogens (tertiary/aromatic N) is 1. The van der Waals surface area contributed by atoms with Crippen molar-refractivity contribution >= 4 is 11.8 Å². The number of nitrogens with two attached hydrogens (primary N) is 1. The maximum Gasteiger partial charge on any atom is 0.253 e. The van der Waals surface area contributed by atoms with E-state index in [-0.39, 0.29) is 11.7 Å². The molecular weight excluding hydrogens is 304 g/mol. The molecule has 2 aromatic carbocycles. The Labute approximate surface area is 140 Å². The van der Waals surface area contributed by atoms with Gasteiger partial charge >= 0.3 is 0 Å². The highest BCUT2D eigenvalue weighted by atomic mass is 16.3. The Morgan fingerprint density at radius 3 is 2.00 bits per heavy atom. The second kappa shape index (κ2) is 6.74. The quantitative estimate of drug-likeness (QED) is 0.910. The number of hydrogen-bond acceptors (Lipinski definition) is 3. The Kier molecular flexibility index (Phi) is 4.51. The van der Waals surface area contributed by atoms with Crippen LogP contribution in [0.5, 0.6) is 5.75 Å². The highest BCUT2D eigenvalue weighted by molar-refractivity contribution is 5.97. The number of benzene rings is 2. The van der Waals surface area contributed by atoms with Crippen LogP contribution in [0, 0.1) is 0 Å². The molecule has 0 saturated carbocycles. The van der Waals surface area contributed by atoms with E-state index in [9.17, 15) is 14.7 Å². The molecule has 0 unspecified atom stereocenters. The lowest BCUT2D eigenvalue weighted by molar-refractivity contribution is 0.0712. The molecule has 1 aliphatic heterocycles. The van der Waals surface area contributed by atoms with Crippen LogP contribution in [0.15, 0.2) is 48.5 Å². The Balaban J connectivity index is 1.62. The molecule has 3 rings (SSSR count). The van der Waals surface area contributed by atoms with Crippen molar-refractivity contribution in [1.82, 2.24) is 4.90 Å². The van der Waals surface area contributed by atoms with Gasteiger partial charge in [-0.15, -0.1) is 0 Å². The molecular formula is C19H20N2O3. The van der Waals surface area contributed by atoms with Crippen molar-refractivity contribution in [1.29, 1.82) is 0 Å². The second-order valence-corrected chi connectivity index (χ2v) is 6.10. The second-order valence-electron chi connectivity index (χ2n) is 6.10. The van der Waals surface area contributed by atoms with Gasteiger partial charge in [0.15, 0.2) is 0 Å². The third kappa shape index (κ3) is 3.40. The van der Waals surface area contributed by atoms with Crippen molar-refractivity contribution in [3.63, 3.8) is 0 Å². The van der Waals surface area contributed by atoms with Crippen molar-refractivity contribution in [2.75, 3.05) is 13.1 Å². The molecule has 0 atom stereocenters. The largest absolute Gasteiger partial charge is 0.508 e. The molecule has 1 saturated heterocycles. The monoisotopic (exact) mass is 324 g/mol. The molecule has 2 amide bonds. The number of rotatable bonds is 3. The summed E-state index contributed by atoms with van der Waals surface area (Å²) in [7, 11) is 0. The smallest absolute Gasteiger partial charge is 0.253 e. The summed E-state index contributed by atoms with van der Waals surface area (Å²) >= 11 is 0. The van der Waals surface area contributed by atoms with Crippen molar-refractivity contribution in [3.8, 4) is 5.75 Å². The molecule has 0 spiro atoms. The van der Waals surface area contributed by atoms with Crippen molar-refractivity contribution in [2.24, 2.45) is 5.73 Å². The highest BCUT2D eigenvalue weighted by Crippen LogP contribution is 2.29. The van der Waals surface area contributed by atoms with Crippen LogP contribution >= 0.6 is 0 Å². The highest BCUT2D eigenvalue weighted by Gasteiger charge is 2.24. The first kappa shape index (κ1) is 16.1. The van der Waals surface area contributed by atoms with Gasteiger partial charge in [-0.1, -0.05) is 12.1 Å². The topological polar surface area (TPSA) is 83.6 Å². The van der Waals surface area contributed by atoms with Crippen molar-refractivity contribution < 1.29 is 14.7 Å². The number of piperidine rings is 1. The van der Waals surface area contributed by atoms with Crippen LogP contribution in [-0.2, 0) is 0 Å². The minimum Gasteiger partial charge on any atom is -0.508 e. The number of likely N-dealkylation sites (tertiary alicyclic amines) is 1. The fourth-order valence-electron chi connectivity index (χ4n) is 3.12. The minimum absolute atomic E-state index is 0.0184. The van der Waals surface area contributed by atoms with E-state index < -0.39 is 5.91 Å². The molecule has 0 aliphatic carbocycles. The molecule has 5 heteroatoms. The lowest BCUT2D eigenvalue weighted by Gasteiger charge is -2.32. The average Bonchev–Trinajstić information content (AvgIpc) is 2.62. The molecule has 124 valence electrons. The summed E-state index contributed by atoms with van der Waals surface area (Å²) in [6.07, 6.45) is 1.80. The molecule has 0 radical (unpaired) electrons. The molecule has 24 heavy (non-hydrogen) atoms. The summed E-state index contributed by atoms with van der Waals surface area (Å²) in [4.78, 5) is 25.5. The van der Waals surface area contributed by atoms with Gasteiger partial charge < -0.3 is 15.7 Å². The van der Waals surface area contributed by atoms with Crippen molar-refractivity contribution in [2.45, 2.75) is 18.8 Å². The van der Waals surface area contributed by atoms with Gasteiger partial charge in [0, 0.05) is 24.2 Å². The van der Waals surface area contributed by atoms with E-state index in [4.69, 9.17) is 5.73 Å². The zero-order valence-corrected chi connectivity index (χ0v) is 13.3. The van der Waals surface area contributed by atoms with Crippen LogP contribution < -0.4 is 5.73 Å². The Morgan fingerprint density at radius 1 is 0.917 bits per heavy atom. The number of carbonyl (C=O) groups is 2. The zero-order valence-electron chi connectivity index (χ0n) is 13.3. The zero-order chi connectivity index (χ0) is 17.1. The molecule has 1 fully saturated rings. The van der Waals surface area contributed by atoms with Gasteiger partial charge in [-0.05, 0) is 60.7 Å². The van der Waals surface area contributed by atoms with Crippen LogP contribution in [0.1, 0.15) is 45.0 Å². The maximum atomic E-state index is 12.5. The fourth-order valence-corrected chi connectivity index (χ4v) is 3.12. The summed E-state index contributed by atoms with van der Waals surface area (Å²) in [6.45, 7) is 1.39. The van der Waals surface area contributed by atoms with E-state index in [1.807, 2.05) is 17.0 Å². The van der Waals surface area contributed by atoms with Crippen LogP contribution in [0.25, 0.3) is 0 Å². The normalized spacial score (nSPS) is 15.2. The third-order valence-electron chi connectivity index (χ3n) is 4.56. The first-order valence-electron chi connectivity index (χ1n) is 8.02. The van der Waals surface area contributed by atoms with Gasteiger partial charge in [-0.3, -0.25) is 9.59 Å². The standard InChI is InChI=1S/C19H20N2O3/c20-18(23)15-1-3-16(4-2-15)19(24)21-11-9-14(10-12-21)13-5-7-17(22)8-6-13/h1-8,14,22H,9-12H2,(H2,20,23). The number of phenols is 1.